The molecule has 0 heterocycles. The van der Waals surface area contributed by atoms with Gasteiger partial charge in [-0.3, -0.25) is 4.79 Å². The van der Waals surface area contributed by atoms with Crippen LogP contribution in [0.15, 0.2) is 18.2 Å². The van der Waals surface area contributed by atoms with Crippen molar-refractivity contribution in [3.05, 3.63) is 23.8 Å². The van der Waals surface area contributed by atoms with E-state index in [0.717, 1.165) is 17.1 Å². The molecule has 0 saturated heterocycles. The van der Waals surface area contributed by atoms with Crippen molar-refractivity contribution in [3.8, 4) is 11.5 Å². The molecule has 136 valence electrons. The van der Waals surface area contributed by atoms with Gasteiger partial charge in [-0.15, -0.1) is 0 Å². The first-order valence-corrected chi connectivity index (χ1v) is 18.6. The Kier molecular flexibility index (Phi) is 6.51. The Labute approximate surface area is 149 Å². The van der Waals surface area contributed by atoms with Crippen LogP contribution in [0.5, 0.6) is 11.5 Å². The van der Waals surface area contributed by atoms with Crippen molar-refractivity contribution in [1.29, 1.82) is 0 Å². The normalized spacial score (nSPS) is 12.7. The molecule has 0 N–H and O–H groups in total. The Morgan fingerprint density at radius 3 is 1.83 bits per heavy atom. The summed E-state index contributed by atoms with van der Waals surface area (Å²) in [5, 5.41) is 0. The minimum Gasteiger partial charge on any atom is -0.544 e. The van der Waals surface area contributed by atoms with Gasteiger partial charge in [-0.05, 0) is 77.1 Å². The maximum Gasteiger partial charge on any atom is 0.297 e. The zero-order chi connectivity index (χ0) is 18.8. The third-order valence-electron chi connectivity index (χ3n) is 2.63. The number of hydrogen-bond donors (Lipinski definition) is 0. The summed E-state index contributed by atoms with van der Waals surface area (Å²) in [4.78, 5) is 12.3. The highest BCUT2D eigenvalue weighted by atomic mass is 28.4. The van der Waals surface area contributed by atoms with Gasteiger partial charge in [0, 0.05) is 5.56 Å². The van der Waals surface area contributed by atoms with Crippen LogP contribution in [0.4, 0.5) is 0 Å². The largest absolute Gasteiger partial charge is 0.544 e. The molecule has 0 aliphatic carbocycles. The van der Waals surface area contributed by atoms with Gasteiger partial charge in [-0.25, -0.2) is 0 Å². The van der Waals surface area contributed by atoms with E-state index in [9.17, 15) is 4.79 Å². The summed E-state index contributed by atoms with van der Waals surface area (Å²) in [5.41, 5.74) is 0.844. The number of carbonyl (C=O) groups excluding carboxylic acids is 1. The number of rotatable bonds is 7. The molecule has 1 rings (SSSR count). The molecule has 0 fully saturated rings. The summed E-state index contributed by atoms with van der Waals surface area (Å²) in [7, 11) is -5.37. The second-order valence-corrected chi connectivity index (χ2v) is 22.2. The molecular formula is C17H32O4Si3. The summed E-state index contributed by atoms with van der Waals surface area (Å²) in [5.74, 6) is 1.37. The van der Waals surface area contributed by atoms with Crippen LogP contribution in [-0.2, 0) is 15.6 Å². The van der Waals surface area contributed by atoms with Gasteiger partial charge in [0.2, 0.25) is 25.0 Å². The van der Waals surface area contributed by atoms with Gasteiger partial charge in [0.05, 0.1) is 6.42 Å². The average Bonchev–Trinajstić information content (AvgIpc) is 2.26. The highest BCUT2D eigenvalue weighted by Crippen LogP contribution is 2.29. The second-order valence-electron chi connectivity index (χ2n) is 8.96. The first-order valence-electron chi connectivity index (χ1n) is 8.37. The molecule has 0 spiro atoms. The quantitative estimate of drug-likeness (QED) is 0.618. The highest BCUT2D eigenvalue weighted by Gasteiger charge is 2.24. The SMILES string of the molecule is C[Si](C)(C)OC(=O)Cc1cc(O[Si](C)(C)C)ccc1O[Si](C)(C)C. The molecule has 7 heteroatoms. The van der Waals surface area contributed by atoms with Crippen LogP contribution in [0.25, 0.3) is 0 Å². The fraction of sp³-hybridized carbons (Fsp3) is 0.588. The zero-order valence-electron chi connectivity index (χ0n) is 16.6. The Hall–Kier alpha value is -1.06. The molecule has 0 unspecified atom stereocenters. The van der Waals surface area contributed by atoms with Crippen LogP contribution < -0.4 is 8.85 Å². The van der Waals surface area contributed by atoms with E-state index in [2.05, 4.69) is 39.3 Å². The predicted octanol–water partition coefficient (Wildman–Crippen LogP) is 5.03. The lowest BCUT2D eigenvalue weighted by atomic mass is 10.1. The zero-order valence-corrected chi connectivity index (χ0v) is 19.6. The monoisotopic (exact) mass is 384 g/mol. The van der Waals surface area contributed by atoms with Crippen LogP contribution in [0.3, 0.4) is 0 Å². The first kappa shape index (κ1) is 21.0. The van der Waals surface area contributed by atoms with Gasteiger partial charge < -0.3 is 13.3 Å². The van der Waals surface area contributed by atoms with Crippen LogP contribution in [0.2, 0.25) is 58.9 Å². The minimum atomic E-state index is -1.90. The van der Waals surface area contributed by atoms with E-state index in [1.54, 1.807) is 0 Å². The number of hydrogen-bond acceptors (Lipinski definition) is 4. The smallest absolute Gasteiger partial charge is 0.297 e. The van der Waals surface area contributed by atoms with Crippen LogP contribution >= 0.6 is 0 Å². The van der Waals surface area contributed by atoms with Crippen LogP contribution in [0.1, 0.15) is 5.56 Å². The molecule has 1 aromatic rings. The van der Waals surface area contributed by atoms with Crippen LogP contribution in [0, 0.1) is 0 Å². The maximum atomic E-state index is 12.3. The Balaban J connectivity index is 3.10. The molecule has 1 aromatic carbocycles. The van der Waals surface area contributed by atoms with Gasteiger partial charge in [0.1, 0.15) is 11.5 Å². The summed E-state index contributed by atoms with van der Waals surface area (Å²) in [6.07, 6.45) is 0.215. The summed E-state index contributed by atoms with van der Waals surface area (Å²) in [6, 6.07) is 5.78. The van der Waals surface area contributed by atoms with Gasteiger partial charge >= 0.3 is 0 Å². The second kappa shape index (κ2) is 7.45. The molecule has 0 radical (unpaired) electrons. The van der Waals surface area contributed by atoms with Crippen molar-refractivity contribution in [2.75, 3.05) is 0 Å². The van der Waals surface area contributed by atoms with Gasteiger partial charge in [0.25, 0.3) is 5.97 Å². The molecule has 0 saturated carbocycles. The van der Waals surface area contributed by atoms with Crippen molar-refractivity contribution in [3.63, 3.8) is 0 Å². The fourth-order valence-electron chi connectivity index (χ4n) is 2.07. The van der Waals surface area contributed by atoms with Crippen molar-refractivity contribution < 1.29 is 18.1 Å². The molecule has 4 nitrogen and oxygen atoms in total. The van der Waals surface area contributed by atoms with E-state index in [0.29, 0.717) is 0 Å². The molecule has 0 bridgehead atoms. The third-order valence-corrected chi connectivity index (χ3v) is 5.15. The lowest BCUT2D eigenvalue weighted by Crippen LogP contribution is -2.32. The standard InChI is InChI=1S/C17H32O4Si3/c1-22(2,3)19-15-10-11-16(20-23(4,5)6)14(12-15)13-17(18)21-24(7,8)9/h10-12H,13H2,1-9H3. The van der Waals surface area contributed by atoms with Gasteiger partial charge in [-0.1, -0.05) is 0 Å². The molecule has 0 atom stereocenters. The molecule has 0 aliphatic heterocycles. The Bertz CT molecular complexity index is 581. The number of carbonyl (C=O) groups is 1. The van der Waals surface area contributed by atoms with Gasteiger partial charge in [0.15, 0.2) is 0 Å². The molecule has 0 aromatic heterocycles. The highest BCUT2D eigenvalue weighted by molar-refractivity contribution is 6.71. The third kappa shape index (κ3) is 8.70. The van der Waals surface area contributed by atoms with Crippen molar-refractivity contribution in [2.45, 2.75) is 65.3 Å². The minimum absolute atomic E-state index is 0.195. The Morgan fingerprint density at radius 1 is 0.833 bits per heavy atom. The molecule has 0 amide bonds. The van der Waals surface area contributed by atoms with Crippen molar-refractivity contribution >= 4 is 30.9 Å². The fourth-order valence-corrected chi connectivity index (χ4v) is 4.52. The van der Waals surface area contributed by atoms with E-state index in [-0.39, 0.29) is 12.4 Å². The van der Waals surface area contributed by atoms with Crippen molar-refractivity contribution in [2.24, 2.45) is 0 Å². The lowest BCUT2D eigenvalue weighted by molar-refractivity contribution is -0.134. The summed E-state index contributed by atoms with van der Waals surface area (Å²) < 4.78 is 17.8. The van der Waals surface area contributed by atoms with E-state index in [4.69, 9.17) is 13.3 Å². The predicted molar refractivity (Wildman–Crippen MR) is 108 cm³/mol. The molecular weight excluding hydrogens is 352 g/mol. The summed E-state index contributed by atoms with van der Waals surface area (Å²) >= 11 is 0. The van der Waals surface area contributed by atoms with Crippen molar-refractivity contribution in [1.82, 2.24) is 0 Å². The molecule has 0 aliphatic rings. The van der Waals surface area contributed by atoms with E-state index < -0.39 is 25.0 Å². The van der Waals surface area contributed by atoms with E-state index >= 15 is 0 Å². The topological polar surface area (TPSA) is 44.8 Å². The van der Waals surface area contributed by atoms with E-state index in [1.165, 1.54) is 0 Å². The summed E-state index contributed by atoms with van der Waals surface area (Å²) in [6.45, 7) is 18.8. The van der Waals surface area contributed by atoms with E-state index in [1.807, 2.05) is 37.8 Å². The molecule has 24 heavy (non-hydrogen) atoms. The van der Waals surface area contributed by atoms with Crippen LogP contribution in [-0.4, -0.2) is 30.9 Å². The Morgan fingerprint density at radius 2 is 1.38 bits per heavy atom. The average molecular weight is 385 g/mol. The van der Waals surface area contributed by atoms with Gasteiger partial charge in [-0.2, -0.15) is 0 Å². The maximum absolute atomic E-state index is 12.3. The first-order chi connectivity index (χ1) is 10.6. The number of benzene rings is 1. The lowest BCUT2D eigenvalue weighted by Gasteiger charge is -2.24.